The number of fused-ring (bicyclic) bond motifs is 2. The number of nitrogens with zero attached hydrogens (tertiary/aromatic N) is 1. The average Bonchev–Trinajstić information content (AvgIpc) is 2.79. The average molecular weight is 488 g/mol. The zero-order valence-corrected chi connectivity index (χ0v) is 18.7. The second kappa shape index (κ2) is 8.60. The van der Waals surface area contributed by atoms with Crippen molar-refractivity contribution in [3.63, 3.8) is 0 Å². The largest absolute Gasteiger partial charge is 0.486 e. The molecule has 10 heteroatoms. The van der Waals surface area contributed by atoms with E-state index in [1.807, 2.05) is 0 Å². The highest BCUT2D eigenvalue weighted by molar-refractivity contribution is 6.07. The summed E-state index contributed by atoms with van der Waals surface area (Å²) >= 11 is 0. The fourth-order valence-corrected chi connectivity index (χ4v) is 4.74. The van der Waals surface area contributed by atoms with E-state index >= 15 is 0 Å². The first-order valence-electron chi connectivity index (χ1n) is 11.3. The molecule has 2 heterocycles. The smallest absolute Gasteiger partial charge is 0.416 e. The van der Waals surface area contributed by atoms with Gasteiger partial charge in [-0.25, -0.2) is 0 Å². The van der Waals surface area contributed by atoms with Gasteiger partial charge in [0.1, 0.15) is 11.4 Å². The Bertz CT molecular complexity index is 1220. The van der Waals surface area contributed by atoms with Crippen LogP contribution in [0.3, 0.4) is 0 Å². The molecule has 7 nitrogen and oxygen atoms in total. The first-order chi connectivity index (χ1) is 16.7. The Morgan fingerprint density at radius 1 is 1.23 bits per heavy atom. The second-order valence-corrected chi connectivity index (χ2v) is 8.89. The molecule has 1 saturated carbocycles. The molecule has 0 saturated heterocycles. The van der Waals surface area contributed by atoms with E-state index in [2.05, 4.69) is 5.32 Å². The number of hydrogen-bond acceptors (Lipinski definition) is 5. The van der Waals surface area contributed by atoms with Crippen LogP contribution in [0.2, 0.25) is 0 Å². The number of carbonyl (C=O) groups excluding carboxylic acids is 2. The van der Waals surface area contributed by atoms with E-state index in [9.17, 15) is 27.9 Å². The van der Waals surface area contributed by atoms with Crippen LogP contribution in [0.4, 0.5) is 24.5 Å². The van der Waals surface area contributed by atoms with Gasteiger partial charge in [-0.15, -0.1) is 0 Å². The Morgan fingerprint density at radius 2 is 2.03 bits per heavy atom. The van der Waals surface area contributed by atoms with E-state index in [1.165, 1.54) is 17.0 Å². The minimum absolute atomic E-state index is 0.0927. The van der Waals surface area contributed by atoms with Crippen LogP contribution in [0.1, 0.15) is 36.8 Å². The highest BCUT2D eigenvalue weighted by Gasteiger charge is 2.44. The van der Waals surface area contributed by atoms with Gasteiger partial charge in [0.15, 0.2) is 12.4 Å². The van der Waals surface area contributed by atoms with Crippen molar-refractivity contribution >= 4 is 28.8 Å². The number of aliphatic hydroxyl groups is 1. The first-order valence-corrected chi connectivity index (χ1v) is 11.3. The molecule has 1 spiro atoms. The standard InChI is InChI=1S/C25H23F3N2O5/c26-25(27,28)16-5-6-17-15(13-24(7-2-8-24)35-20(17)12-16)11-21(32)29-18-3-1-4-19-23(18)34-14-22(33)30(19)9-10-31/h1,3-6,11-12,31H,2,7-10,13-14H2,(H,29,32)/b15-11+. The maximum atomic E-state index is 13.2. The highest BCUT2D eigenvalue weighted by atomic mass is 19.4. The Morgan fingerprint density at radius 3 is 2.71 bits per heavy atom. The van der Waals surface area contributed by atoms with Crippen molar-refractivity contribution < 1.29 is 37.3 Å². The van der Waals surface area contributed by atoms with Crippen molar-refractivity contribution in [2.45, 2.75) is 37.5 Å². The van der Waals surface area contributed by atoms with Crippen LogP contribution in [0.25, 0.3) is 5.57 Å². The molecule has 1 aliphatic carbocycles. The van der Waals surface area contributed by atoms with Crippen LogP contribution in [0.15, 0.2) is 42.5 Å². The van der Waals surface area contributed by atoms with Gasteiger partial charge in [0.25, 0.3) is 5.91 Å². The third kappa shape index (κ3) is 4.34. The van der Waals surface area contributed by atoms with Crippen LogP contribution >= 0.6 is 0 Å². The van der Waals surface area contributed by atoms with E-state index in [0.717, 1.165) is 18.6 Å². The van der Waals surface area contributed by atoms with Gasteiger partial charge in [-0.05, 0) is 49.1 Å². The van der Waals surface area contributed by atoms with Crippen molar-refractivity contribution in [2.75, 3.05) is 30.0 Å². The molecule has 2 aromatic carbocycles. The van der Waals surface area contributed by atoms with E-state index in [1.54, 1.807) is 18.2 Å². The number of β-amino-alcohol motifs (C(OH)–C–C–N with tert-alkyl or cyclic N) is 1. The molecule has 0 bridgehead atoms. The SMILES string of the molecule is O=C(/C=C1\CC2(CCC2)Oc2cc(C(F)(F)F)ccc21)Nc1cccc2c1OCC(=O)N2CCO. The van der Waals surface area contributed by atoms with E-state index in [-0.39, 0.29) is 31.4 Å². The molecule has 2 aromatic rings. The predicted molar refractivity (Wildman–Crippen MR) is 121 cm³/mol. The van der Waals surface area contributed by atoms with E-state index in [4.69, 9.17) is 9.47 Å². The molecule has 2 amide bonds. The number of rotatable bonds is 4. The second-order valence-electron chi connectivity index (χ2n) is 8.89. The Hall–Kier alpha value is -3.53. The summed E-state index contributed by atoms with van der Waals surface area (Å²) in [6.07, 6.45) is -0.382. The molecule has 0 atom stereocenters. The van der Waals surface area contributed by atoms with Crippen molar-refractivity contribution in [1.29, 1.82) is 0 Å². The minimum atomic E-state index is -4.50. The molecular weight excluding hydrogens is 465 g/mol. The molecule has 0 radical (unpaired) electrons. The lowest BCUT2D eigenvalue weighted by Crippen LogP contribution is -2.45. The van der Waals surface area contributed by atoms with Crippen LogP contribution in [0.5, 0.6) is 11.5 Å². The number of anilines is 2. The Labute approximate surface area is 199 Å². The van der Waals surface area contributed by atoms with Gasteiger partial charge in [0.2, 0.25) is 5.91 Å². The maximum absolute atomic E-state index is 13.2. The first kappa shape index (κ1) is 23.2. The summed E-state index contributed by atoms with van der Waals surface area (Å²) in [5.41, 5.74) is 0.440. The molecule has 0 unspecified atom stereocenters. The van der Waals surface area contributed by atoms with Gasteiger partial charge in [0, 0.05) is 24.6 Å². The fourth-order valence-electron chi connectivity index (χ4n) is 4.74. The summed E-state index contributed by atoms with van der Waals surface area (Å²) < 4.78 is 51.3. The summed E-state index contributed by atoms with van der Waals surface area (Å²) in [5.74, 6) is -0.349. The number of nitrogens with one attached hydrogen (secondary N) is 1. The van der Waals surface area contributed by atoms with Crippen LogP contribution in [-0.2, 0) is 15.8 Å². The summed E-state index contributed by atoms with van der Waals surface area (Å²) in [6.45, 7) is -0.363. The number of amides is 2. The van der Waals surface area contributed by atoms with Gasteiger partial charge < -0.3 is 24.8 Å². The van der Waals surface area contributed by atoms with Gasteiger partial charge in [-0.2, -0.15) is 13.2 Å². The zero-order valence-electron chi connectivity index (χ0n) is 18.7. The lowest BCUT2D eigenvalue weighted by atomic mass is 9.72. The van der Waals surface area contributed by atoms with Crippen LogP contribution in [0, 0.1) is 0 Å². The molecule has 184 valence electrons. The van der Waals surface area contributed by atoms with Gasteiger partial charge in [-0.1, -0.05) is 12.1 Å². The Balaban J connectivity index is 1.45. The number of hydrogen-bond donors (Lipinski definition) is 2. The third-order valence-corrected chi connectivity index (χ3v) is 6.57. The number of alkyl halides is 3. The van der Waals surface area contributed by atoms with Crippen molar-refractivity contribution in [2.24, 2.45) is 0 Å². The highest BCUT2D eigenvalue weighted by Crippen LogP contribution is 2.50. The fraction of sp³-hybridized carbons (Fsp3) is 0.360. The molecule has 2 aliphatic heterocycles. The van der Waals surface area contributed by atoms with Crippen molar-refractivity contribution in [1.82, 2.24) is 0 Å². The summed E-state index contributed by atoms with van der Waals surface area (Å²) in [6, 6.07) is 8.26. The number of benzene rings is 2. The molecule has 1 fully saturated rings. The van der Waals surface area contributed by atoms with Crippen LogP contribution in [-0.4, -0.2) is 42.3 Å². The number of ether oxygens (including phenoxy) is 2. The molecule has 3 aliphatic rings. The molecule has 5 rings (SSSR count). The zero-order chi connectivity index (χ0) is 24.8. The van der Waals surface area contributed by atoms with Crippen molar-refractivity contribution in [3.05, 3.63) is 53.6 Å². The van der Waals surface area contributed by atoms with Gasteiger partial charge >= 0.3 is 6.18 Å². The number of carbonyl (C=O) groups is 2. The number of para-hydroxylation sites is 1. The summed E-state index contributed by atoms with van der Waals surface area (Å²) in [4.78, 5) is 26.5. The number of aliphatic hydroxyl groups excluding tert-OH is 1. The Kier molecular flexibility index (Phi) is 5.71. The quantitative estimate of drug-likeness (QED) is 0.632. The predicted octanol–water partition coefficient (Wildman–Crippen LogP) is 4.15. The lowest BCUT2D eigenvalue weighted by Gasteiger charge is -2.46. The minimum Gasteiger partial charge on any atom is -0.486 e. The number of halogens is 3. The maximum Gasteiger partial charge on any atom is 0.416 e. The third-order valence-electron chi connectivity index (χ3n) is 6.57. The molecule has 35 heavy (non-hydrogen) atoms. The molecule has 2 N–H and O–H groups in total. The normalized spacial score (nSPS) is 19.4. The van der Waals surface area contributed by atoms with E-state index < -0.39 is 23.2 Å². The van der Waals surface area contributed by atoms with Gasteiger partial charge in [0.05, 0.1) is 23.5 Å². The molecule has 0 aromatic heterocycles. The summed E-state index contributed by atoms with van der Waals surface area (Å²) in [5, 5.41) is 12.0. The summed E-state index contributed by atoms with van der Waals surface area (Å²) in [7, 11) is 0. The van der Waals surface area contributed by atoms with Gasteiger partial charge in [-0.3, -0.25) is 9.59 Å². The molecular formula is C25H23F3N2O5. The monoisotopic (exact) mass is 488 g/mol. The van der Waals surface area contributed by atoms with E-state index in [0.29, 0.717) is 47.5 Å². The van der Waals surface area contributed by atoms with Crippen LogP contribution < -0.4 is 19.7 Å². The lowest BCUT2D eigenvalue weighted by molar-refractivity contribution is -0.138. The topological polar surface area (TPSA) is 88.1 Å². The van der Waals surface area contributed by atoms with Crippen molar-refractivity contribution in [3.8, 4) is 11.5 Å².